The van der Waals surface area contributed by atoms with Crippen molar-refractivity contribution >= 4 is 11.8 Å². The predicted molar refractivity (Wildman–Crippen MR) is 66.8 cm³/mol. The van der Waals surface area contributed by atoms with Gasteiger partial charge in [-0.2, -0.15) is 0 Å². The van der Waals surface area contributed by atoms with Gasteiger partial charge >= 0.3 is 5.63 Å². The highest BCUT2D eigenvalue weighted by Gasteiger charge is 2.28. The van der Waals surface area contributed by atoms with Crippen molar-refractivity contribution in [2.24, 2.45) is 7.05 Å². The van der Waals surface area contributed by atoms with E-state index in [0.29, 0.717) is 31.9 Å². The third-order valence-electron chi connectivity index (χ3n) is 3.48. The maximum Gasteiger partial charge on any atom is 0.370 e. The van der Waals surface area contributed by atoms with Gasteiger partial charge < -0.3 is 14.3 Å². The van der Waals surface area contributed by atoms with E-state index in [9.17, 15) is 14.4 Å². The second kappa shape index (κ2) is 4.91. The molecule has 0 N–H and O–H groups in total. The molecule has 0 bridgehead atoms. The largest absolute Gasteiger partial charge is 0.370 e. The fourth-order valence-electron chi connectivity index (χ4n) is 2.17. The average Bonchev–Trinajstić information content (AvgIpc) is 2.62. The number of carbonyl (C=O) groups is 2. The highest BCUT2D eigenvalue weighted by molar-refractivity contribution is 5.95. The molecular weight excluding hydrogens is 250 g/mol. The first-order valence-corrected chi connectivity index (χ1v) is 6.13. The van der Waals surface area contributed by atoms with E-state index in [4.69, 9.17) is 4.52 Å². The lowest BCUT2D eigenvalue weighted by atomic mass is 10.2. The van der Waals surface area contributed by atoms with Gasteiger partial charge in [0.1, 0.15) is 5.56 Å². The summed E-state index contributed by atoms with van der Waals surface area (Å²) in [7, 11) is 1.58. The van der Waals surface area contributed by atoms with Crippen LogP contribution in [0.3, 0.4) is 0 Å². The van der Waals surface area contributed by atoms with Gasteiger partial charge in [-0.3, -0.25) is 9.59 Å². The number of rotatable bonds is 1. The number of piperazine rings is 1. The Bertz CT molecular complexity index is 564. The SMILES string of the molecule is CC(=O)N1CCN(C(=O)c2c(C)n(C)oc2=O)CC1. The van der Waals surface area contributed by atoms with Crippen LogP contribution in [0.15, 0.2) is 9.32 Å². The van der Waals surface area contributed by atoms with Crippen molar-refractivity contribution in [3.63, 3.8) is 0 Å². The van der Waals surface area contributed by atoms with Crippen molar-refractivity contribution < 1.29 is 14.1 Å². The van der Waals surface area contributed by atoms with E-state index in [1.165, 1.54) is 11.7 Å². The lowest BCUT2D eigenvalue weighted by Crippen LogP contribution is -2.50. The van der Waals surface area contributed by atoms with Gasteiger partial charge in [-0.15, -0.1) is 0 Å². The Labute approximate surface area is 110 Å². The minimum atomic E-state index is -0.612. The molecule has 1 aliphatic heterocycles. The monoisotopic (exact) mass is 267 g/mol. The van der Waals surface area contributed by atoms with E-state index < -0.39 is 5.63 Å². The maximum atomic E-state index is 12.3. The van der Waals surface area contributed by atoms with Gasteiger partial charge in [0.2, 0.25) is 5.91 Å². The number of hydrogen-bond acceptors (Lipinski definition) is 4. The Kier molecular flexibility index (Phi) is 3.46. The van der Waals surface area contributed by atoms with Gasteiger partial charge in [0.25, 0.3) is 5.91 Å². The molecule has 7 nitrogen and oxygen atoms in total. The highest BCUT2D eigenvalue weighted by atomic mass is 16.5. The maximum absolute atomic E-state index is 12.3. The van der Waals surface area contributed by atoms with Crippen LogP contribution >= 0.6 is 0 Å². The molecule has 1 aromatic rings. The van der Waals surface area contributed by atoms with Crippen molar-refractivity contribution in [2.75, 3.05) is 26.2 Å². The van der Waals surface area contributed by atoms with Gasteiger partial charge in [-0.1, -0.05) is 0 Å². The van der Waals surface area contributed by atoms with Crippen LogP contribution < -0.4 is 5.63 Å². The molecule has 0 aromatic carbocycles. The smallest absolute Gasteiger partial charge is 0.339 e. The van der Waals surface area contributed by atoms with Gasteiger partial charge in [-0.25, -0.2) is 9.53 Å². The normalized spacial score (nSPS) is 15.7. The van der Waals surface area contributed by atoms with Crippen molar-refractivity contribution in [3.05, 3.63) is 21.7 Å². The summed E-state index contributed by atoms with van der Waals surface area (Å²) < 4.78 is 6.16. The first kappa shape index (κ1) is 13.4. The lowest BCUT2D eigenvalue weighted by molar-refractivity contribution is -0.130. The summed E-state index contributed by atoms with van der Waals surface area (Å²) in [5.74, 6) is -0.322. The topological polar surface area (TPSA) is 75.8 Å². The number of aryl methyl sites for hydroxylation is 1. The molecule has 2 amide bonds. The second-order valence-electron chi connectivity index (χ2n) is 4.63. The van der Waals surface area contributed by atoms with Gasteiger partial charge in [-0.05, 0) is 6.92 Å². The third kappa shape index (κ3) is 2.40. The number of aromatic nitrogens is 1. The summed E-state index contributed by atoms with van der Waals surface area (Å²) in [5.41, 5.74) is -0.0122. The van der Waals surface area contributed by atoms with E-state index in [1.54, 1.807) is 23.8 Å². The van der Waals surface area contributed by atoms with E-state index in [2.05, 4.69) is 0 Å². The Hall–Kier alpha value is -2.05. The molecule has 19 heavy (non-hydrogen) atoms. The van der Waals surface area contributed by atoms with Gasteiger partial charge in [0, 0.05) is 40.2 Å². The zero-order valence-electron chi connectivity index (χ0n) is 11.3. The zero-order valence-corrected chi connectivity index (χ0v) is 11.3. The van der Waals surface area contributed by atoms with Crippen molar-refractivity contribution in [3.8, 4) is 0 Å². The Morgan fingerprint density at radius 3 is 2.05 bits per heavy atom. The summed E-state index contributed by atoms with van der Waals surface area (Å²) >= 11 is 0. The van der Waals surface area contributed by atoms with Crippen LogP contribution in [0.25, 0.3) is 0 Å². The number of hydrogen-bond donors (Lipinski definition) is 0. The Morgan fingerprint density at radius 1 is 1.11 bits per heavy atom. The molecule has 104 valence electrons. The summed E-state index contributed by atoms with van der Waals surface area (Å²) in [6, 6.07) is 0. The molecule has 0 aliphatic carbocycles. The average molecular weight is 267 g/mol. The summed E-state index contributed by atoms with van der Waals surface area (Å²) in [6.45, 7) is 5.05. The van der Waals surface area contributed by atoms with Crippen LogP contribution in [-0.2, 0) is 11.8 Å². The van der Waals surface area contributed by atoms with Crippen LogP contribution in [-0.4, -0.2) is 52.5 Å². The van der Waals surface area contributed by atoms with Crippen molar-refractivity contribution in [2.45, 2.75) is 13.8 Å². The van der Waals surface area contributed by atoms with Crippen LogP contribution in [0.2, 0.25) is 0 Å². The molecule has 0 atom stereocenters. The zero-order chi connectivity index (χ0) is 14.2. The molecule has 0 radical (unpaired) electrons. The van der Waals surface area contributed by atoms with Gasteiger partial charge in [0.15, 0.2) is 0 Å². The molecule has 1 aromatic heterocycles. The van der Waals surface area contributed by atoms with Crippen LogP contribution in [0, 0.1) is 6.92 Å². The molecule has 2 rings (SSSR count). The van der Waals surface area contributed by atoms with Crippen LogP contribution in [0.4, 0.5) is 0 Å². The molecule has 0 unspecified atom stereocenters. The number of nitrogens with zero attached hydrogens (tertiary/aromatic N) is 3. The first-order chi connectivity index (χ1) is 8.91. The minimum absolute atomic E-state index is 0.00232. The van der Waals surface area contributed by atoms with Crippen molar-refractivity contribution in [1.82, 2.24) is 14.5 Å². The molecule has 1 saturated heterocycles. The van der Waals surface area contributed by atoms with Crippen LogP contribution in [0.5, 0.6) is 0 Å². The number of amides is 2. The van der Waals surface area contributed by atoms with Crippen molar-refractivity contribution in [1.29, 1.82) is 0 Å². The molecule has 2 heterocycles. The highest BCUT2D eigenvalue weighted by Crippen LogP contribution is 2.10. The molecular formula is C12H17N3O4. The predicted octanol–water partition coefficient (Wildman–Crippen LogP) is -0.409. The van der Waals surface area contributed by atoms with E-state index >= 15 is 0 Å². The third-order valence-corrected chi connectivity index (χ3v) is 3.48. The summed E-state index contributed by atoms with van der Waals surface area (Å²) in [4.78, 5) is 38.4. The molecule has 1 aliphatic rings. The summed E-state index contributed by atoms with van der Waals surface area (Å²) in [5, 5.41) is 0. The fraction of sp³-hybridized carbons (Fsp3) is 0.583. The van der Waals surface area contributed by atoms with Crippen LogP contribution in [0.1, 0.15) is 23.0 Å². The standard InChI is InChI=1S/C12H17N3O4/c1-8-10(12(18)19-13(8)3)11(17)15-6-4-14(5-7-15)9(2)16/h4-7H2,1-3H3. The Morgan fingerprint density at radius 2 is 1.63 bits per heavy atom. The second-order valence-corrected chi connectivity index (χ2v) is 4.63. The van der Waals surface area contributed by atoms with E-state index in [0.717, 1.165) is 0 Å². The summed E-state index contributed by atoms with van der Waals surface area (Å²) in [6.07, 6.45) is 0. The van der Waals surface area contributed by atoms with E-state index in [-0.39, 0.29) is 17.4 Å². The lowest BCUT2D eigenvalue weighted by Gasteiger charge is -2.33. The molecule has 1 fully saturated rings. The molecule has 0 spiro atoms. The fourth-order valence-corrected chi connectivity index (χ4v) is 2.17. The molecule has 0 saturated carbocycles. The number of carbonyl (C=O) groups excluding carboxylic acids is 2. The minimum Gasteiger partial charge on any atom is -0.339 e. The van der Waals surface area contributed by atoms with Gasteiger partial charge in [0.05, 0.1) is 5.69 Å². The molecule has 7 heteroatoms. The first-order valence-electron chi connectivity index (χ1n) is 6.13. The quantitative estimate of drug-likeness (QED) is 0.693. The van der Waals surface area contributed by atoms with E-state index in [1.807, 2.05) is 0 Å². The Balaban J connectivity index is 2.14.